The number of hydrogen-bond acceptors (Lipinski definition) is 1. The van der Waals surface area contributed by atoms with Crippen LogP contribution in [0, 0.1) is 17.3 Å². The van der Waals surface area contributed by atoms with Crippen LogP contribution in [0.15, 0.2) is 17.5 Å². The molecule has 0 aromatic carbocycles. The van der Waals surface area contributed by atoms with Crippen molar-refractivity contribution in [3.05, 3.63) is 22.4 Å². The van der Waals surface area contributed by atoms with Gasteiger partial charge in [0.2, 0.25) is 0 Å². The molecular formula is C15H23BrS. The molecule has 0 nitrogen and oxygen atoms in total. The van der Waals surface area contributed by atoms with E-state index in [4.69, 9.17) is 0 Å². The third kappa shape index (κ3) is 3.57. The Bertz CT molecular complexity index is 336. The van der Waals surface area contributed by atoms with Crippen LogP contribution in [0.1, 0.15) is 44.9 Å². The molecule has 1 aromatic rings. The summed E-state index contributed by atoms with van der Waals surface area (Å²) in [4.78, 5) is 2.28. The van der Waals surface area contributed by atoms with Gasteiger partial charge in [0.25, 0.3) is 0 Å². The fraction of sp³-hybridized carbons (Fsp3) is 0.733. The second-order valence-corrected chi connectivity index (χ2v) is 8.64. The topological polar surface area (TPSA) is 0 Å². The minimum absolute atomic E-state index is 0.473. The van der Waals surface area contributed by atoms with E-state index in [9.17, 15) is 0 Å². The van der Waals surface area contributed by atoms with Gasteiger partial charge < -0.3 is 0 Å². The number of hydrogen-bond donors (Lipinski definition) is 0. The second-order valence-electron chi connectivity index (χ2n) is 6.44. The molecule has 2 heteroatoms. The molecule has 0 spiro atoms. The van der Waals surface area contributed by atoms with Crippen molar-refractivity contribution in [2.45, 2.75) is 51.3 Å². The Labute approximate surface area is 118 Å². The Morgan fingerprint density at radius 2 is 2.12 bits per heavy atom. The number of halogens is 1. The van der Waals surface area contributed by atoms with Crippen LogP contribution < -0.4 is 0 Å². The second kappa shape index (κ2) is 5.44. The van der Waals surface area contributed by atoms with Crippen molar-refractivity contribution in [1.29, 1.82) is 0 Å². The van der Waals surface area contributed by atoms with E-state index < -0.39 is 0 Å². The first-order chi connectivity index (χ1) is 7.97. The standard InChI is InChI=1S/C15H23BrS/c1-15(2,3)12-6-7-14(16)11(9-12)10-13-5-4-8-17-13/h4-5,8,11-12,14H,6-7,9-10H2,1-3H3. The minimum atomic E-state index is 0.473. The highest BCUT2D eigenvalue weighted by molar-refractivity contribution is 9.09. The molecule has 0 N–H and O–H groups in total. The predicted octanol–water partition coefficient (Wildman–Crippen LogP) is 5.52. The van der Waals surface area contributed by atoms with Gasteiger partial charge in [-0.2, -0.15) is 0 Å². The average molecular weight is 315 g/mol. The van der Waals surface area contributed by atoms with E-state index in [0.717, 1.165) is 16.7 Å². The lowest BCUT2D eigenvalue weighted by atomic mass is 9.68. The molecule has 0 radical (unpaired) electrons. The van der Waals surface area contributed by atoms with Crippen molar-refractivity contribution in [3.8, 4) is 0 Å². The Morgan fingerprint density at radius 1 is 1.35 bits per heavy atom. The van der Waals surface area contributed by atoms with Gasteiger partial charge in [-0.05, 0) is 54.4 Å². The summed E-state index contributed by atoms with van der Waals surface area (Å²) in [5.74, 6) is 1.72. The maximum Gasteiger partial charge on any atom is 0.0177 e. The Kier molecular flexibility index (Phi) is 4.35. The van der Waals surface area contributed by atoms with Crippen LogP contribution in [0.3, 0.4) is 0 Å². The molecule has 96 valence electrons. The molecule has 3 atom stereocenters. The highest BCUT2D eigenvalue weighted by atomic mass is 79.9. The number of alkyl halides is 1. The highest BCUT2D eigenvalue weighted by Gasteiger charge is 2.34. The lowest BCUT2D eigenvalue weighted by molar-refractivity contribution is 0.147. The van der Waals surface area contributed by atoms with Crippen molar-refractivity contribution < 1.29 is 0 Å². The van der Waals surface area contributed by atoms with Gasteiger partial charge in [-0.3, -0.25) is 0 Å². The van der Waals surface area contributed by atoms with Gasteiger partial charge >= 0.3 is 0 Å². The van der Waals surface area contributed by atoms with Gasteiger partial charge in [-0.25, -0.2) is 0 Å². The zero-order valence-electron chi connectivity index (χ0n) is 11.1. The molecule has 3 unspecified atom stereocenters. The van der Waals surface area contributed by atoms with E-state index in [1.165, 1.54) is 25.7 Å². The fourth-order valence-corrected chi connectivity index (χ4v) is 4.38. The van der Waals surface area contributed by atoms with Gasteiger partial charge in [0.15, 0.2) is 0 Å². The van der Waals surface area contributed by atoms with Crippen LogP contribution in [0.2, 0.25) is 0 Å². The normalized spacial score (nSPS) is 30.5. The van der Waals surface area contributed by atoms with Crippen LogP contribution >= 0.6 is 27.3 Å². The zero-order valence-corrected chi connectivity index (χ0v) is 13.5. The molecule has 1 heterocycles. The molecule has 17 heavy (non-hydrogen) atoms. The first kappa shape index (κ1) is 13.6. The maximum absolute atomic E-state index is 3.90. The van der Waals surface area contributed by atoms with E-state index in [1.54, 1.807) is 4.88 Å². The molecule has 0 bridgehead atoms. The molecule has 1 aliphatic rings. The molecule has 0 aliphatic heterocycles. The summed E-state index contributed by atoms with van der Waals surface area (Å²) in [6.45, 7) is 7.19. The first-order valence-electron chi connectivity index (χ1n) is 6.63. The maximum atomic E-state index is 3.90. The zero-order chi connectivity index (χ0) is 12.5. The summed E-state index contributed by atoms with van der Waals surface area (Å²) < 4.78 is 0. The summed E-state index contributed by atoms with van der Waals surface area (Å²) in [5, 5.41) is 2.20. The molecule has 1 fully saturated rings. The molecule has 0 saturated heterocycles. The summed E-state index contributed by atoms with van der Waals surface area (Å²) in [6, 6.07) is 4.46. The minimum Gasteiger partial charge on any atom is -0.149 e. The van der Waals surface area contributed by atoms with Gasteiger partial charge in [-0.15, -0.1) is 11.3 Å². The summed E-state index contributed by atoms with van der Waals surface area (Å²) >= 11 is 5.81. The Hall–Kier alpha value is 0.180. The monoisotopic (exact) mass is 314 g/mol. The SMILES string of the molecule is CC(C)(C)C1CCC(Br)C(Cc2cccs2)C1. The van der Waals surface area contributed by atoms with Crippen LogP contribution in [0.25, 0.3) is 0 Å². The van der Waals surface area contributed by atoms with Gasteiger partial charge in [0, 0.05) is 9.70 Å². The first-order valence-corrected chi connectivity index (χ1v) is 8.43. The van der Waals surface area contributed by atoms with E-state index in [2.05, 4.69) is 54.2 Å². The molecule has 2 rings (SSSR count). The Balaban J connectivity index is 2.00. The van der Waals surface area contributed by atoms with Gasteiger partial charge in [0.1, 0.15) is 0 Å². The molecule has 1 aromatic heterocycles. The number of thiophene rings is 1. The smallest absolute Gasteiger partial charge is 0.0177 e. The van der Waals surface area contributed by atoms with Crippen molar-refractivity contribution >= 4 is 27.3 Å². The third-order valence-corrected chi connectivity index (χ3v) is 6.26. The Morgan fingerprint density at radius 3 is 2.71 bits per heavy atom. The molecule has 1 aliphatic carbocycles. The fourth-order valence-electron chi connectivity index (χ4n) is 2.91. The summed E-state index contributed by atoms with van der Waals surface area (Å²) in [5.41, 5.74) is 0.473. The van der Waals surface area contributed by atoms with Crippen LogP contribution in [-0.4, -0.2) is 4.83 Å². The lowest BCUT2D eigenvalue weighted by Gasteiger charge is -2.40. The largest absolute Gasteiger partial charge is 0.149 e. The summed E-state index contributed by atoms with van der Waals surface area (Å²) in [6.07, 6.45) is 5.38. The number of rotatable bonds is 2. The van der Waals surface area contributed by atoms with Gasteiger partial charge in [0.05, 0.1) is 0 Å². The quantitative estimate of drug-likeness (QED) is 0.631. The molecular weight excluding hydrogens is 292 g/mol. The van der Waals surface area contributed by atoms with Gasteiger partial charge in [-0.1, -0.05) is 42.8 Å². The molecule has 1 saturated carbocycles. The predicted molar refractivity (Wildman–Crippen MR) is 81.0 cm³/mol. The van der Waals surface area contributed by atoms with Crippen molar-refractivity contribution in [2.75, 3.05) is 0 Å². The summed E-state index contributed by atoms with van der Waals surface area (Å²) in [7, 11) is 0. The third-order valence-electron chi connectivity index (χ3n) is 4.16. The average Bonchev–Trinajstić information content (AvgIpc) is 2.72. The van der Waals surface area contributed by atoms with Crippen LogP contribution in [0.5, 0.6) is 0 Å². The molecule has 0 amide bonds. The highest BCUT2D eigenvalue weighted by Crippen LogP contribution is 2.43. The van der Waals surface area contributed by atoms with Crippen LogP contribution in [0.4, 0.5) is 0 Å². The van der Waals surface area contributed by atoms with E-state index >= 15 is 0 Å². The van der Waals surface area contributed by atoms with Crippen molar-refractivity contribution in [1.82, 2.24) is 0 Å². The lowest BCUT2D eigenvalue weighted by Crippen LogP contribution is -2.33. The van der Waals surface area contributed by atoms with Crippen molar-refractivity contribution in [2.24, 2.45) is 17.3 Å². The van der Waals surface area contributed by atoms with Crippen LogP contribution in [-0.2, 0) is 6.42 Å². The van der Waals surface area contributed by atoms with Crippen molar-refractivity contribution in [3.63, 3.8) is 0 Å². The van der Waals surface area contributed by atoms with E-state index in [1.807, 2.05) is 11.3 Å². The van der Waals surface area contributed by atoms with E-state index in [-0.39, 0.29) is 0 Å². The van der Waals surface area contributed by atoms with E-state index in [0.29, 0.717) is 5.41 Å².